The van der Waals surface area contributed by atoms with Crippen LogP contribution in [0.4, 0.5) is 5.69 Å². The number of aromatic nitrogens is 4. The zero-order valence-electron chi connectivity index (χ0n) is 29.1. The molecule has 0 unspecified atom stereocenters. The van der Waals surface area contributed by atoms with Crippen LogP contribution in [0.3, 0.4) is 0 Å². The number of para-hydroxylation sites is 1. The number of hydrogen-bond acceptors (Lipinski definition) is 10. The average molecular weight is 720 g/mol. The first kappa shape index (κ1) is 35.0. The molecule has 2 atom stereocenters. The van der Waals surface area contributed by atoms with Gasteiger partial charge in [0.2, 0.25) is 11.8 Å². The second-order valence-electron chi connectivity index (χ2n) is 13.6. The van der Waals surface area contributed by atoms with E-state index in [1.165, 1.54) is 22.2 Å². The first-order valence-electron chi connectivity index (χ1n) is 17.4. The van der Waals surface area contributed by atoms with Crippen molar-refractivity contribution >= 4 is 28.8 Å². The number of aryl methyl sites for hydroxylation is 2. The van der Waals surface area contributed by atoms with Gasteiger partial charge in [0, 0.05) is 55.5 Å². The number of rotatable bonds is 8. The molecule has 13 heteroatoms. The predicted octanol–water partition coefficient (Wildman–Crippen LogP) is 5.05. The number of anilines is 1. The van der Waals surface area contributed by atoms with Crippen LogP contribution in [-0.2, 0) is 11.3 Å². The van der Waals surface area contributed by atoms with Crippen molar-refractivity contribution < 1.29 is 19.4 Å². The first-order chi connectivity index (χ1) is 25.1. The molecular weight excluding hydrogens is 679 g/mol. The average Bonchev–Trinajstić information content (AvgIpc) is 3.56. The van der Waals surface area contributed by atoms with Gasteiger partial charge in [-0.1, -0.05) is 48.5 Å². The molecule has 52 heavy (non-hydrogen) atoms. The molecule has 0 aliphatic carbocycles. The lowest BCUT2D eigenvalue weighted by molar-refractivity contribution is -0.142. The Morgan fingerprint density at radius 3 is 2.37 bits per heavy atom. The monoisotopic (exact) mass is 719 g/mol. The van der Waals surface area contributed by atoms with E-state index >= 15 is 0 Å². The van der Waals surface area contributed by atoms with Crippen molar-refractivity contribution in [3.63, 3.8) is 0 Å². The Hall–Kier alpha value is -5.40. The number of likely N-dealkylation sites (tertiary alicyclic amines) is 2. The molecule has 5 heterocycles. The highest BCUT2D eigenvalue weighted by molar-refractivity contribution is 7.17. The summed E-state index contributed by atoms with van der Waals surface area (Å²) >= 11 is 1.37. The number of nitrogens with two attached hydrogens (primary N) is 1. The maximum Gasteiger partial charge on any atom is 0.280 e. The number of thiazole rings is 1. The Kier molecular flexibility index (Phi) is 9.89. The first-order valence-corrected chi connectivity index (χ1v) is 18.2. The summed E-state index contributed by atoms with van der Waals surface area (Å²) in [6.45, 7) is 5.28. The number of hydrogen-bond donors (Lipinski definition) is 2. The fourth-order valence-electron chi connectivity index (χ4n) is 7.06. The number of nitrogens with zero attached hydrogens (tertiary/aromatic N) is 6. The van der Waals surface area contributed by atoms with Gasteiger partial charge in [-0.3, -0.25) is 23.9 Å². The molecule has 2 fully saturated rings. The molecule has 0 bridgehead atoms. The fourth-order valence-corrected chi connectivity index (χ4v) is 8.09. The number of carbonyl (C=O) groups is 2. The molecule has 2 aromatic carbocycles. The van der Waals surface area contributed by atoms with Crippen molar-refractivity contribution in [2.75, 3.05) is 31.9 Å². The summed E-state index contributed by atoms with van der Waals surface area (Å²) in [7, 11) is 0. The second-order valence-corrected chi connectivity index (χ2v) is 14.6. The SMILES string of the molecule is Cc1ccc(-c2nc(C)c(C(=O)N3CC[C@@H](C(=O)N4CCC(O)(Cn5cnc(Oc6ccccc6)c(N)c5=O)CC4)[C@H](c4ccccc4)C3)s2)cn1. The minimum atomic E-state index is -1.23. The van der Waals surface area contributed by atoms with E-state index in [0.29, 0.717) is 48.9 Å². The van der Waals surface area contributed by atoms with E-state index in [1.807, 2.05) is 72.2 Å². The predicted molar refractivity (Wildman–Crippen MR) is 198 cm³/mol. The van der Waals surface area contributed by atoms with Gasteiger partial charge in [-0.15, -0.1) is 11.3 Å². The maximum absolute atomic E-state index is 14.2. The molecule has 2 saturated heterocycles. The Morgan fingerprint density at radius 2 is 1.67 bits per heavy atom. The van der Waals surface area contributed by atoms with Crippen molar-refractivity contribution in [3.8, 4) is 22.2 Å². The normalized spacial score (nSPS) is 18.6. The van der Waals surface area contributed by atoms with E-state index in [1.54, 1.807) is 30.5 Å². The van der Waals surface area contributed by atoms with E-state index in [0.717, 1.165) is 21.8 Å². The number of pyridine rings is 1. The van der Waals surface area contributed by atoms with Crippen LogP contribution in [0.2, 0.25) is 0 Å². The highest BCUT2D eigenvalue weighted by Crippen LogP contribution is 2.37. The van der Waals surface area contributed by atoms with Crippen molar-refractivity contribution in [1.29, 1.82) is 0 Å². The number of ether oxygens (including phenoxy) is 1. The zero-order chi connectivity index (χ0) is 36.4. The zero-order valence-corrected chi connectivity index (χ0v) is 30.0. The highest BCUT2D eigenvalue weighted by atomic mass is 32.1. The number of aliphatic hydroxyl groups is 1. The van der Waals surface area contributed by atoms with Gasteiger partial charge in [-0.2, -0.15) is 0 Å². The van der Waals surface area contributed by atoms with Crippen LogP contribution in [0.1, 0.15) is 51.8 Å². The largest absolute Gasteiger partial charge is 0.437 e. The molecular formula is C39H41N7O5S. The summed E-state index contributed by atoms with van der Waals surface area (Å²) in [6, 6.07) is 22.7. The molecule has 0 saturated carbocycles. The summed E-state index contributed by atoms with van der Waals surface area (Å²) < 4.78 is 6.98. The quantitative estimate of drug-likeness (QED) is 0.224. The second kappa shape index (κ2) is 14.7. The maximum atomic E-state index is 14.2. The minimum absolute atomic E-state index is 0.00677. The molecule has 2 aliphatic heterocycles. The molecule has 7 rings (SSSR count). The van der Waals surface area contributed by atoms with Crippen molar-refractivity contribution in [2.45, 2.75) is 51.2 Å². The lowest BCUT2D eigenvalue weighted by Gasteiger charge is -2.43. The Bertz CT molecular complexity index is 2110. The van der Waals surface area contributed by atoms with Gasteiger partial charge in [-0.05, 0) is 62.9 Å². The van der Waals surface area contributed by atoms with Crippen LogP contribution >= 0.6 is 11.3 Å². The minimum Gasteiger partial charge on any atom is -0.437 e. The summed E-state index contributed by atoms with van der Waals surface area (Å²) in [5.41, 5.74) is 7.69. The molecule has 3 aromatic heterocycles. The van der Waals surface area contributed by atoms with Crippen LogP contribution in [0.5, 0.6) is 11.6 Å². The third kappa shape index (κ3) is 7.32. The molecule has 0 radical (unpaired) electrons. The van der Waals surface area contributed by atoms with Gasteiger partial charge >= 0.3 is 0 Å². The lowest BCUT2D eigenvalue weighted by Crippen LogP contribution is -2.53. The molecule has 2 amide bonds. The topological polar surface area (TPSA) is 157 Å². The van der Waals surface area contributed by atoms with Gasteiger partial charge < -0.3 is 25.4 Å². The van der Waals surface area contributed by atoms with E-state index in [9.17, 15) is 19.5 Å². The van der Waals surface area contributed by atoms with Gasteiger partial charge in [-0.25, -0.2) is 9.97 Å². The van der Waals surface area contributed by atoms with Crippen LogP contribution in [0, 0.1) is 19.8 Å². The third-order valence-corrected chi connectivity index (χ3v) is 11.3. The molecule has 12 nitrogen and oxygen atoms in total. The van der Waals surface area contributed by atoms with Gasteiger partial charge in [0.1, 0.15) is 22.0 Å². The van der Waals surface area contributed by atoms with Crippen LogP contribution in [0.25, 0.3) is 10.6 Å². The highest BCUT2D eigenvalue weighted by Gasteiger charge is 2.42. The van der Waals surface area contributed by atoms with Gasteiger partial charge in [0.15, 0.2) is 5.69 Å². The summed E-state index contributed by atoms with van der Waals surface area (Å²) in [5.74, 6) is -0.101. The molecule has 3 N–H and O–H groups in total. The number of amides is 2. The fraction of sp³-hybridized carbons (Fsp3) is 0.333. The number of nitrogen functional groups attached to an aromatic ring is 1. The van der Waals surface area contributed by atoms with E-state index < -0.39 is 11.2 Å². The Labute approximate surface area is 305 Å². The summed E-state index contributed by atoms with van der Waals surface area (Å²) in [6.07, 6.45) is 4.18. The summed E-state index contributed by atoms with van der Waals surface area (Å²) in [4.78, 5) is 58.8. The number of benzene rings is 2. The Morgan fingerprint density at radius 1 is 0.962 bits per heavy atom. The number of carbonyl (C=O) groups excluding carboxylic acids is 2. The Balaban J connectivity index is 1.02. The summed E-state index contributed by atoms with van der Waals surface area (Å²) in [5, 5.41) is 12.3. The molecule has 0 spiro atoms. The number of piperidine rings is 2. The van der Waals surface area contributed by atoms with Crippen molar-refractivity contribution in [1.82, 2.24) is 29.3 Å². The standard InChI is InChI=1S/C39H41N7O5S/c1-25-13-14-28(21-41-25)35-43-26(2)33(52-35)38(49)45-18-15-30(31(22-45)27-9-5-3-6-10-27)36(47)44-19-16-39(50,17-20-44)23-46-24-42-34(32(40)37(46)48)51-29-11-7-4-8-12-29/h3-14,21,24,30-31,50H,15-20,22-23,40H2,1-2H3/t30-,31+/m1/s1. The lowest BCUT2D eigenvalue weighted by atomic mass is 9.79. The van der Waals surface area contributed by atoms with E-state index in [2.05, 4.69) is 15.0 Å². The van der Waals surface area contributed by atoms with Crippen molar-refractivity contribution in [3.05, 3.63) is 118 Å². The molecule has 5 aromatic rings. The van der Waals surface area contributed by atoms with Crippen molar-refractivity contribution in [2.24, 2.45) is 5.92 Å². The van der Waals surface area contributed by atoms with Crippen LogP contribution < -0.4 is 16.0 Å². The van der Waals surface area contributed by atoms with Gasteiger partial charge in [0.05, 0.1) is 17.8 Å². The molecule has 2 aliphatic rings. The third-order valence-electron chi connectivity index (χ3n) is 10.1. The smallest absolute Gasteiger partial charge is 0.280 e. The van der Waals surface area contributed by atoms with Crippen LogP contribution in [-0.4, -0.2) is 78.0 Å². The van der Waals surface area contributed by atoms with Crippen LogP contribution in [0.15, 0.2) is 90.1 Å². The molecule has 268 valence electrons. The van der Waals surface area contributed by atoms with Gasteiger partial charge in [0.25, 0.3) is 11.5 Å². The van der Waals surface area contributed by atoms with E-state index in [-0.39, 0.29) is 54.6 Å². The van der Waals surface area contributed by atoms with E-state index in [4.69, 9.17) is 10.5 Å².